The van der Waals surface area contributed by atoms with Crippen LogP contribution in [0.15, 0.2) is 23.1 Å². The molecule has 1 aliphatic rings. The maximum Gasteiger partial charge on any atom is 0.334 e. The van der Waals surface area contributed by atoms with E-state index in [0.29, 0.717) is 0 Å². The highest BCUT2D eigenvalue weighted by atomic mass is 16.6. The zero-order valence-electron chi connectivity index (χ0n) is 10.4. The van der Waals surface area contributed by atoms with Gasteiger partial charge >= 0.3 is 11.2 Å². The van der Waals surface area contributed by atoms with Gasteiger partial charge in [-0.3, -0.25) is 19.7 Å². The number of aromatic nitrogens is 1. The van der Waals surface area contributed by atoms with Crippen molar-refractivity contribution in [3.8, 4) is 0 Å². The summed E-state index contributed by atoms with van der Waals surface area (Å²) in [5.41, 5.74) is -1.25. The highest BCUT2D eigenvalue weighted by Crippen LogP contribution is 2.09. The predicted octanol–water partition coefficient (Wildman–Crippen LogP) is 0.468. The number of nitrogens with one attached hydrogen (secondary N) is 1. The van der Waals surface area contributed by atoms with Gasteiger partial charge in [0, 0.05) is 12.3 Å². The molecule has 0 spiro atoms. The number of piperidine rings is 1. The average molecular weight is 265 g/mol. The molecule has 2 heterocycles. The molecule has 1 aliphatic heterocycles. The van der Waals surface area contributed by atoms with Gasteiger partial charge in [0.1, 0.15) is 0 Å². The van der Waals surface area contributed by atoms with E-state index in [0.717, 1.165) is 36.4 Å². The van der Waals surface area contributed by atoms with Crippen molar-refractivity contribution in [2.45, 2.75) is 31.8 Å². The van der Waals surface area contributed by atoms with Crippen molar-refractivity contribution in [1.82, 2.24) is 9.88 Å². The summed E-state index contributed by atoms with van der Waals surface area (Å²) in [6.07, 6.45) is 4.17. The van der Waals surface area contributed by atoms with Gasteiger partial charge in [-0.2, -0.15) is 0 Å². The van der Waals surface area contributed by atoms with Crippen LogP contribution >= 0.6 is 0 Å². The van der Waals surface area contributed by atoms with E-state index in [4.69, 9.17) is 0 Å². The van der Waals surface area contributed by atoms with Gasteiger partial charge in [-0.15, -0.1) is 0 Å². The Kier molecular flexibility index (Phi) is 4.06. The standard InChI is InChI=1S/C12H15N3O4/c16-11(9-4-1-2-6-13-9)8-14-7-3-5-10(12(14)17)15(18)19/h3,5,7,9,13H,1-2,4,6,8H2. The van der Waals surface area contributed by atoms with Gasteiger partial charge in [-0.1, -0.05) is 6.42 Å². The molecular weight excluding hydrogens is 250 g/mol. The number of hydrogen-bond donors (Lipinski definition) is 1. The first kappa shape index (κ1) is 13.4. The average Bonchev–Trinajstić information content (AvgIpc) is 2.41. The van der Waals surface area contributed by atoms with Crippen molar-refractivity contribution in [2.75, 3.05) is 6.54 Å². The zero-order chi connectivity index (χ0) is 13.8. The number of rotatable bonds is 4. The van der Waals surface area contributed by atoms with Crippen LogP contribution in [0.1, 0.15) is 19.3 Å². The van der Waals surface area contributed by atoms with Crippen LogP contribution in [0.5, 0.6) is 0 Å². The number of Topliss-reactive ketones (excluding diaryl/α,β-unsaturated/α-hetero) is 1. The van der Waals surface area contributed by atoms with Gasteiger partial charge in [0.25, 0.3) is 0 Å². The van der Waals surface area contributed by atoms with E-state index in [1.165, 1.54) is 12.3 Å². The second-order valence-corrected chi connectivity index (χ2v) is 4.55. The molecule has 0 aliphatic carbocycles. The van der Waals surface area contributed by atoms with Crippen LogP contribution < -0.4 is 10.9 Å². The molecule has 19 heavy (non-hydrogen) atoms. The van der Waals surface area contributed by atoms with Crippen LogP contribution in [0, 0.1) is 10.1 Å². The van der Waals surface area contributed by atoms with Crippen molar-refractivity contribution < 1.29 is 9.72 Å². The van der Waals surface area contributed by atoms with Gasteiger partial charge in [-0.05, 0) is 25.5 Å². The van der Waals surface area contributed by atoms with Crippen molar-refractivity contribution >= 4 is 11.5 Å². The normalized spacial score (nSPS) is 19.1. The zero-order valence-corrected chi connectivity index (χ0v) is 10.4. The minimum absolute atomic E-state index is 0.109. The molecule has 0 amide bonds. The lowest BCUT2D eigenvalue weighted by atomic mass is 10.0. The lowest BCUT2D eigenvalue weighted by Crippen LogP contribution is -2.43. The van der Waals surface area contributed by atoms with E-state index in [2.05, 4.69) is 5.32 Å². The molecule has 1 aromatic rings. The summed E-state index contributed by atoms with van der Waals surface area (Å²) in [5, 5.41) is 13.8. The molecule has 1 N–H and O–H groups in total. The Morgan fingerprint density at radius 1 is 1.53 bits per heavy atom. The van der Waals surface area contributed by atoms with E-state index in [1.54, 1.807) is 0 Å². The minimum atomic E-state index is -0.739. The van der Waals surface area contributed by atoms with Gasteiger partial charge < -0.3 is 9.88 Å². The van der Waals surface area contributed by atoms with Crippen molar-refractivity contribution in [3.63, 3.8) is 0 Å². The third-order valence-corrected chi connectivity index (χ3v) is 3.22. The first-order valence-electron chi connectivity index (χ1n) is 6.19. The summed E-state index contributed by atoms with van der Waals surface area (Å²) in [4.78, 5) is 33.7. The summed E-state index contributed by atoms with van der Waals surface area (Å²) in [7, 11) is 0. The maximum absolute atomic E-state index is 12.0. The molecule has 7 heteroatoms. The fourth-order valence-corrected chi connectivity index (χ4v) is 2.19. The van der Waals surface area contributed by atoms with Crippen LogP contribution in [0.4, 0.5) is 5.69 Å². The van der Waals surface area contributed by atoms with Crippen LogP contribution in [-0.2, 0) is 11.3 Å². The third-order valence-electron chi connectivity index (χ3n) is 3.22. The van der Waals surface area contributed by atoms with Gasteiger partial charge in [0.05, 0.1) is 17.5 Å². The van der Waals surface area contributed by atoms with E-state index in [-0.39, 0.29) is 18.4 Å². The molecule has 0 bridgehead atoms. The van der Waals surface area contributed by atoms with E-state index < -0.39 is 16.2 Å². The van der Waals surface area contributed by atoms with E-state index in [1.807, 2.05) is 0 Å². The van der Waals surface area contributed by atoms with Crippen molar-refractivity contribution in [1.29, 1.82) is 0 Å². The number of pyridine rings is 1. The largest absolute Gasteiger partial charge is 0.334 e. The Balaban J connectivity index is 2.15. The molecule has 1 unspecified atom stereocenters. The summed E-state index contributed by atoms with van der Waals surface area (Å²) < 4.78 is 1.09. The Hall–Kier alpha value is -2.02. The summed E-state index contributed by atoms with van der Waals surface area (Å²) in [6.45, 7) is 0.665. The molecule has 1 atom stereocenters. The highest BCUT2D eigenvalue weighted by Gasteiger charge is 2.22. The SMILES string of the molecule is O=C(Cn1cccc([N+](=O)[O-])c1=O)C1CCCCN1. The molecular formula is C12H15N3O4. The van der Waals surface area contributed by atoms with Crippen LogP contribution in [0.2, 0.25) is 0 Å². The third kappa shape index (κ3) is 3.05. The molecule has 1 fully saturated rings. The lowest BCUT2D eigenvalue weighted by Gasteiger charge is -2.22. The molecule has 1 saturated heterocycles. The minimum Gasteiger partial charge on any atom is -0.307 e. The molecule has 7 nitrogen and oxygen atoms in total. The van der Waals surface area contributed by atoms with Crippen molar-refractivity contribution in [3.05, 3.63) is 38.8 Å². The first-order chi connectivity index (χ1) is 9.09. The number of nitrogens with zero attached hydrogens (tertiary/aromatic N) is 2. The quantitative estimate of drug-likeness (QED) is 0.630. The fraction of sp³-hybridized carbons (Fsp3) is 0.500. The summed E-state index contributed by atoms with van der Waals surface area (Å²) >= 11 is 0. The van der Waals surface area contributed by atoms with Gasteiger partial charge in [0.15, 0.2) is 5.78 Å². The lowest BCUT2D eigenvalue weighted by molar-refractivity contribution is -0.386. The Morgan fingerprint density at radius 2 is 2.32 bits per heavy atom. The summed E-state index contributed by atoms with van der Waals surface area (Å²) in [5.74, 6) is -0.109. The molecule has 2 rings (SSSR count). The predicted molar refractivity (Wildman–Crippen MR) is 68.0 cm³/mol. The number of nitro groups is 1. The van der Waals surface area contributed by atoms with E-state index >= 15 is 0 Å². The number of carbonyl (C=O) groups excluding carboxylic acids is 1. The topological polar surface area (TPSA) is 94.2 Å². The second kappa shape index (κ2) is 5.75. The second-order valence-electron chi connectivity index (χ2n) is 4.55. The fourth-order valence-electron chi connectivity index (χ4n) is 2.19. The van der Waals surface area contributed by atoms with Crippen LogP contribution in [0.3, 0.4) is 0 Å². The maximum atomic E-state index is 12.0. The monoisotopic (exact) mass is 265 g/mol. The smallest absolute Gasteiger partial charge is 0.307 e. The number of hydrogen-bond acceptors (Lipinski definition) is 5. The molecule has 0 radical (unpaired) electrons. The van der Waals surface area contributed by atoms with E-state index in [9.17, 15) is 19.7 Å². The molecule has 0 aromatic carbocycles. The Bertz CT molecular complexity index is 546. The number of carbonyl (C=O) groups is 1. The molecule has 0 saturated carbocycles. The Labute approximate surface area is 109 Å². The van der Waals surface area contributed by atoms with Crippen LogP contribution in [0.25, 0.3) is 0 Å². The molecule has 1 aromatic heterocycles. The van der Waals surface area contributed by atoms with Crippen molar-refractivity contribution in [2.24, 2.45) is 0 Å². The van der Waals surface area contributed by atoms with Crippen LogP contribution in [-0.4, -0.2) is 27.9 Å². The number of ketones is 1. The van der Waals surface area contributed by atoms with Gasteiger partial charge in [-0.25, -0.2) is 0 Å². The molecule has 102 valence electrons. The Morgan fingerprint density at radius 3 is 2.95 bits per heavy atom. The highest BCUT2D eigenvalue weighted by molar-refractivity contribution is 5.83. The summed E-state index contributed by atoms with van der Waals surface area (Å²) in [6, 6.07) is 2.29. The first-order valence-corrected chi connectivity index (χ1v) is 6.19. The van der Waals surface area contributed by atoms with Gasteiger partial charge in [0.2, 0.25) is 0 Å².